The Morgan fingerprint density at radius 2 is 1.74 bits per heavy atom. The maximum atomic E-state index is 12.8. The van der Waals surface area contributed by atoms with Gasteiger partial charge in [-0.1, -0.05) is 0 Å². The summed E-state index contributed by atoms with van der Waals surface area (Å²) < 4.78 is 11.6. The quantitative estimate of drug-likeness (QED) is 0.549. The van der Waals surface area contributed by atoms with Crippen LogP contribution in [0.25, 0.3) is 0 Å². The molecule has 0 bridgehead atoms. The molecule has 4 rings (SSSR count). The summed E-state index contributed by atoms with van der Waals surface area (Å²) in [5, 5.41) is 5.02. The zero-order valence-corrected chi connectivity index (χ0v) is 20.2. The lowest BCUT2D eigenvalue weighted by Gasteiger charge is -2.32. The Bertz CT molecular complexity index is 1130. The Morgan fingerprint density at radius 3 is 2.38 bits per heavy atom. The van der Waals surface area contributed by atoms with Crippen molar-refractivity contribution in [1.82, 2.24) is 19.8 Å². The van der Waals surface area contributed by atoms with Gasteiger partial charge in [-0.2, -0.15) is 4.98 Å². The van der Waals surface area contributed by atoms with E-state index in [1.165, 1.54) is 11.3 Å². The molecule has 0 unspecified atom stereocenters. The van der Waals surface area contributed by atoms with Crippen molar-refractivity contribution in [3.8, 4) is 17.5 Å². The number of anilines is 1. The van der Waals surface area contributed by atoms with E-state index in [0.29, 0.717) is 35.1 Å². The van der Waals surface area contributed by atoms with Gasteiger partial charge in [0.1, 0.15) is 5.75 Å². The largest absolute Gasteiger partial charge is 0.475 e. The van der Waals surface area contributed by atoms with Crippen LogP contribution in [0.2, 0.25) is 0 Å². The van der Waals surface area contributed by atoms with Crippen molar-refractivity contribution in [3.05, 3.63) is 59.1 Å². The molecule has 1 saturated heterocycles. The molecule has 10 heteroatoms. The molecular weight excluding hydrogens is 454 g/mol. The lowest BCUT2D eigenvalue weighted by atomic mass is 10.1. The van der Waals surface area contributed by atoms with Crippen LogP contribution >= 0.6 is 11.3 Å². The molecule has 34 heavy (non-hydrogen) atoms. The molecule has 0 atom stereocenters. The molecule has 3 heterocycles. The minimum Gasteiger partial charge on any atom is -0.475 e. The number of carbonyl (C=O) groups is 2. The molecule has 2 aromatic heterocycles. The Morgan fingerprint density at radius 1 is 1.03 bits per heavy atom. The topological polar surface area (TPSA) is 96.9 Å². The lowest BCUT2D eigenvalue weighted by molar-refractivity contribution is 0.0664. The van der Waals surface area contributed by atoms with E-state index >= 15 is 0 Å². The van der Waals surface area contributed by atoms with E-state index in [1.807, 2.05) is 18.7 Å². The average molecular weight is 482 g/mol. The van der Waals surface area contributed by atoms with Crippen LogP contribution in [0.5, 0.6) is 17.5 Å². The summed E-state index contributed by atoms with van der Waals surface area (Å²) in [4.78, 5) is 38.0. The highest BCUT2D eigenvalue weighted by molar-refractivity contribution is 7.13. The van der Waals surface area contributed by atoms with Crippen molar-refractivity contribution in [2.24, 2.45) is 0 Å². The van der Waals surface area contributed by atoms with E-state index in [4.69, 9.17) is 9.47 Å². The molecule has 9 nitrogen and oxygen atoms in total. The molecule has 0 spiro atoms. The molecule has 178 valence electrons. The number of thiazole rings is 1. The fourth-order valence-electron chi connectivity index (χ4n) is 3.40. The number of piperazine rings is 1. The third-order valence-electron chi connectivity index (χ3n) is 5.16. The first-order valence-electron chi connectivity index (χ1n) is 11.0. The highest BCUT2D eigenvalue weighted by Crippen LogP contribution is 2.26. The minimum absolute atomic E-state index is 0.00579. The first kappa shape index (κ1) is 23.7. The molecule has 2 amide bonds. The Hall–Kier alpha value is -3.50. The maximum absolute atomic E-state index is 12.8. The van der Waals surface area contributed by atoms with E-state index in [-0.39, 0.29) is 29.7 Å². The van der Waals surface area contributed by atoms with Crippen molar-refractivity contribution in [1.29, 1.82) is 0 Å². The number of carbonyl (C=O) groups excluding carboxylic acids is 2. The number of hydrogen-bond acceptors (Lipinski definition) is 8. The van der Waals surface area contributed by atoms with Crippen molar-refractivity contribution < 1.29 is 19.1 Å². The highest BCUT2D eigenvalue weighted by atomic mass is 32.1. The van der Waals surface area contributed by atoms with E-state index < -0.39 is 0 Å². The van der Waals surface area contributed by atoms with Crippen LogP contribution in [-0.4, -0.2) is 70.9 Å². The molecule has 1 N–H and O–H groups in total. The Labute approximate surface area is 202 Å². The molecule has 0 radical (unpaired) electrons. The van der Waals surface area contributed by atoms with Crippen molar-refractivity contribution in [3.63, 3.8) is 0 Å². The number of hydrogen-bond donors (Lipinski definition) is 1. The van der Waals surface area contributed by atoms with E-state index in [0.717, 1.165) is 13.1 Å². The second-order valence-electron chi connectivity index (χ2n) is 8.21. The van der Waals surface area contributed by atoms with Gasteiger partial charge in [0, 0.05) is 55.5 Å². The highest BCUT2D eigenvalue weighted by Gasteiger charge is 2.20. The van der Waals surface area contributed by atoms with Crippen LogP contribution in [0.15, 0.2) is 48.0 Å². The Kier molecular flexibility index (Phi) is 7.39. The normalized spacial score (nSPS) is 14.2. The number of pyridine rings is 1. The van der Waals surface area contributed by atoms with Crippen molar-refractivity contribution in [2.75, 3.05) is 38.5 Å². The number of nitrogens with zero attached hydrogens (tertiary/aromatic N) is 4. The first-order chi connectivity index (χ1) is 16.4. The summed E-state index contributed by atoms with van der Waals surface area (Å²) in [7, 11) is 2.05. The fourth-order valence-corrected chi connectivity index (χ4v) is 3.92. The summed E-state index contributed by atoms with van der Waals surface area (Å²) in [6.07, 6.45) is 1.49. The summed E-state index contributed by atoms with van der Waals surface area (Å²) >= 11 is 1.33. The number of ether oxygens (including phenoxy) is 2. The number of aromatic nitrogens is 2. The molecule has 3 aromatic rings. The number of nitrogens with one attached hydrogen (secondary N) is 1. The van der Waals surface area contributed by atoms with Gasteiger partial charge in [0.05, 0.1) is 11.7 Å². The molecule has 0 saturated carbocycles. The second kappa shape index (κ2) is 10.6. The van der Waals surface area contributed by atoms with Crippen LogP contribution in [0.4, 0.5) is 5.13 Å². The van der Waals surface area contributed by atoms with Gasteiger partial charge in [0.15, 0.2) is 5.13 Å². The molecule has 1 aromatic carbocycles. The SMILES string of the molecule is CC(C)Oc1cc(C(=O)Nc2nccs2)cc(Oc2ccc(C(=O)N3CCN(C)CC3)cc2)n1. The van der Waals surface area contributed by atoms with Gasteiger partial charge in [0.2, 0.25) is 11.8 Å². The van der Waals surface area contributed by atoms with Crippen LogP contribution in [0.1, 0.15) is 34.6 Å². The zero-order valence-electron chi connectivity index (χ0n) is 19.4. The molecular formula is C24H27N5O4S. The van der Waals surface area contributed by atoms with Gasteiger partial charge in [-0.25, -0.2) is 4.98 Å². The van der Waals surface area contributed by atoms with Gasteiger partial charge in [-0.05, 0) is 45.2 Å². The fraction of sp³-hybridized carbons (Fsp3) is 0.333. The Balaban J connectivity index is 1.49. The van der Waals surface area contributed by atoms with Gasteiger partial charge in [-0.3, -0.25) is 14.9 Å². The third-order valence-corrected chi connectivity index (χ3v) is 5.85. The average Bonchev–Trinajstić information content (AvgIpc) is 3.32. The standard InChI is InChI=1S/C24H27N5O4S/c1-16(2)32-20-14-18(22(30)27-24-25-8-13-34-24)15-21(26-20)33-19-6-4-17(5-7-19)23(31)29-11-9-28(3)10-12-29/h4-8,13-16H,9-12H2,1-3H3,(H,25,27,30). The lowest BCUT2D eigenvalue weighted by Crippen LogP contribution is -2.47. The maximum Gasteiger partial charge on any atom is 0.257 e. The predicted octanol–water partition coefficient (Wildman–Crippen LogP) is 3.76. The second-order valence-corrected chi connectivity index (χ2v) is 9.11. The summed E-state index contributed by atoms with van der Waals surface area (Å²) in [5.41, 5.74) is 0.933. The van der Waals surface area contributed by atoms with Crippen LogP contribution in [-0.2, 0) is 0 Å². The summed E-state index contributed by atoms with van der Waals surface area (Å²) in [6, 6.07) is 10.0. The van der Waals surface area contributed by atoms with E-state index in [2.05, 4.69) is 27.2 Å². The molecule has 1 aliphatic heterocycles. The van der Waals surface area contributed by atoms with Crippen LogP contribution in [0, 0.1) is 0 Å². The third kappa shape index (κ3) is 6.09. The number of rotatable bonds is 7. The number of benzene rings is 1. The molecule has 0 aliphatic carbocycles. The van der Waals surface area contributed by atoms with Gasteiger partial charge in [-0.15, -0.1) is 11.3 Å². The monoisotopic (exact) mass is 481 g/mol. The molecule has 1 aliphatic rings. The summed E-state index contributed by atoms with van der Waals surface area (Å²) in [6.45, 7) is 6.91. The van der Waals surface area contributed by atoms with Crippen LogP contribution in [0.3, 0.4) is 0 Å². The first-order valence-corrected chi connectivity index (χ1v) is 11.9. The van der Waals surface area contributed by atoms with E-state index in [1.54, 1.807) is 48.0 Å². The number of likely N-dealkylation sites (N-methyl/N-ethyl adjacent to an activating group) is 1. The van der Waals surface area contributed by atoms with Gasteiger partial charge >= 0.3 is 0 Å². The number of amides is 2. The summed E-state index contributed by atoms with van der Waals surface area (Å²) in [5.74, 6) is 0.643. The smallest absolute Gasteiger partial charge is 0.257 e. The zero-order chi connectivity index (χ0) is 24.1. The molecule has 1 fully saturated rings. The van der Waals surface area contributed by atoms with Crippen LogP contribution < -0.4 is 14.8 Å². The van der Waals surface area contributed by atoms with Crippen molar-refractivity contribution in [2.45, 2.75) is 20.0 Å². The minimum atomic E-state index is -0.344. The van der Waals surface area contributed by atoms with Crippen molar-refractivity contribution >= 4 is 28.3 Å². The predicted molar refractivity (Wildman–Crippen MR) is 130 cm³/mol. The van der Waals surface area contributed by atoms with Gasteiger partial charge in [0.25, 0.3) is 11.8 Å². The van der Waals surface area contributed by atoms with Gasteiger partial charge < -0.3 is 19.3 Å². The van der Waals surface area contributed by atoms with E-state index in [9.17, 15) is 9.59 Å².